The van der Waals surface area contributed by atoms with E-state index < -0.39 is 11.7 Å². The number of hydrogen-bond acceptors (Lipinski definition) is 1. The Hall–Kier alpha value is -1.26. The summed E-state index contributed by atoms with van der Waals surface area (Å²) in [5.41, 5.74) is -0.0649. The van der Waals surface area contributed by atoms with E-state index in [0.29, 0.717) is 10.6 Å². The van der Waals surface area contributed by atoms with E-state index in [-0.39, 0.29) is 10.7 Å². The molecule has 6 heteroatoms. The Balaban J connectivity index is 2.45. The molecule has 0 amide bonds. The fourth-order valence-electron chi connectivity index (χ4n) is 1.36. The van der Waals surface area contributed by atoms with Gasteiger partial charge in [-0.25, -0.2) is 0 Å². The number of alkyl halides is 3. The molecule has 93 valence electrons. The van der Waals surface area contributed by atoms with Crippen molar-refractivity contribution in [2.24, 2.45) is 0 Å². The zero-order valence-electron chi connectivity index (χ0n) is 8.72. The third-order valence-corrected chi connectivity index (χ3v) is 2.74. The van der Waals surface area contributed by atoms with E-state index in [1.165, 1.54) is 6.07 Å². The Labute approximate surface area is 111 Å². The fraction of sp³-hybridized carbons (Fsp3) is 0.0833. The standard InChI is InChI=1S/C12H5Cl2F3N/c13-9-3-1-7(2-4-9)11-10(14)5-8(6-18-11)12(15,16)17/h1-3,5-6H. The second kappa shape index (κ2) is 4.78. The quantitative estimate of drug-likeness (QED) is 0.730. The number of aromatic nitrogens is 1. The van der Waals surface area contributed by atoms with Crippen molar-refractivity contribution in [3.63, 3.8) is 0 Å². The van der Waals surface area contributed by atoms with E-state index in [4.69, 9.17) is 23.2 Å². The van der Waals surface area contributed by atoms with Crippen molar-refractivity contribution in [2.45, 2.75) is 6.18 Å². The number of pyridine rings is 1. The molecule has 0 saturated heterocycles. The largest absolute Gasteiger partial charge is 0.417 e. The molecule has 0 spiro atoms. The maximum absolute atomic E-state index is 12.4. The fourth-order valence-corrected chi connectivity index (χ4v) is 1.75. The first-order valence-electron chi connectivity index (χ1n) is 4.78. The first-order valence-corrected chi connectivity index (χ1v) is 5.54. The van der Waals surface area contributed by atoms with Crippen LogP contribution in [0.15, 0.2) is 30.5 Å². The molecule has 0 aliphatic rings. The number of hydrogen-bond donors (Lipinski definition) is 0. The van der Waals surface area contributed by atoms with E-state index in [1.54, 1.807) is 12.1 Å². The Kier molecular flexibility index (Phi) is 3.50. The summed E-state index contributed by atoms with van der Waals surface area (Å²) in [5.74, 6) is 0. The highest BCUT2D eigenvalue weighted by Gasteiger charge is 2.31. The summed E-state index contributed by atoms with van der Waals surface area (Å²) in [5, 5.41) is 0.335. The summed E-state index contributed by atoms with van der Waals surface area (Å²) in [6.45, 7) is 0. The molecule has 1 aromatic heterocycles. The first-order chi connectivity index (χ1) is 8.38. The summed E-state index contributed by atoms with van der Waals surface area (Å²) >= 11 is 11.5. The molecule has 0 aliphatic heterocycles. The van der Waals surface area contributed by atoms with Crippen LogP contribution in [0.1, 0.15) is 5.56 Å². The van der Waals surface area contributed by atoms with E-state index >= 15 is 0 Å². The zero-order chi connectivity index (χ0) is 13.3. The van der Waals surface area contributed by atoms with E-state index in [9.17, 15) is 13.2 Å². The third kappa shape index (κ3) is 2.76. The van der Waals surface area contributed by atoms with Crippen LogP contribution in [0, 0.1) is 6.07 Å². The van der Waals surface area contributed by atoms with Gasteiger partial charge >= 0.3 is 6.18 Å². The maximum Gasteiger partial charge on any atom is 0.417 e. The topological polar surface area (TPSA) is 12.9 Å². The number of nitrogens with zero attached hydrogens (tertiary/aromatic N) is 1. The Bertz CT molecular complexity index is 565. The molecule has 0 unspecified atom stereocenters. The van der Waals surface area contributed by atoms with Crippen molar-refractivity contribution in [3.8, 4) is 11.3 Å². The van der Waals surface area contributed by atoms with Crippen molar-refractivity contribution in [1.29, 1.82) is 0 Å². The zero-order valence-corrected chi connectivity index (χ0v) is 10.2. The minimum absolute atomic E-state index is 0.0689. The van der Waals surface area contributed by atoms with Crippen LogP contribution in [-0.4, -0.2) is 4.98 Å². The molecule has 1 heterocycles. The van der Waals surface area contributed by atoms with Crippen LogP contribution in [0.4, 0.5) is 13.2 Å². The molecule has 0 aliphatic carbocycles. The van der Waals surface area contributed by atoms with Crippen molar-refractivity contribution in [3.05, 3.63) is 52.1 Å². The van der Waals surface area contributed by atoms with Gasteiger partial charge in [0.05, 0.1) is 16.3 Å². The van der Waals surface area contributed by atoms with E-state index in [1.807, 2.05) is 0 Å². The molecule has 2 aromatic rings. The van der Waals surface area contributed by atoms with Crippen LogP contribution in [0.2, 0.25) is 10.0 Å². The molecular formula is C12H5Cl2F3N. The normalized spacial score (nSPS) is 11.6. The lowest BCUT2D eigenvalue weighted by Crippen LogP contribution is -2.05. The monoisotopic (exact) mass is 290 g/mol. The van der Waals surface area contributed by atoms with Gasteiger partial charge in [0.1, 0.15) is 0 Å². The predicted octanol–water partition coefficient (Wildman–Crippen LogP) is 4.87. The number of halogens is 5. The Morgan fingerprint density at radius 2 is 1.89 bits per heavy atom. The van der Waals surface area contributed by atoms with Gasteiger partial charge in [0.25, 0.3) is 0 Å². The highest BCUT2D eigenvalue weighted by molar-refractivity contribution is 6.33. The summed E-state index contributed by atoms with van der Waals surface area (Å²) in [6, 6.07) is 8.25. The molecule has 1 radical (unpaired) electrons. The van der Waals surface area contributed by atoms with Crippen LogP contribution >= 0.6 is 23.2 Å². The molecule has 0 N–H and O–H groups in total. The summed E-state index contributed by atoms with van der Waals surface area (Å²) in [4.78, 5) is 3.73. The highest BCUT2D eigenvalue weighted by Crippen LogP contribution is 2.34. The van der Waals surface area contributed by atoms with Crippen LogP contribution in [-0.2, 0) is 6.18 Å². The van der Waals surface area contributed by atoms with Crippen molar-refractivity contribution < 1.29 is 13.2 Å². The van der Waals surface area contributed by atoms with Crippen LogP contribution in [0.5, 0.6) is 0 Å². The molecule has 18 heavy (non-hydrogen) atoms. The van der Waals surface area contributed by atoms with Crippen LogP contribution < -0.4 is 0 Å². The predicted molar refractivity (Wildman–Crippen MR) is 63.5 cm³/mol. The lowest BCUT2D eigenvalue weighted by atomic mass is 10.1. The van der Waals surface area contributed by atoms with Gasteiger partial charge < -0.3 is 0 Å². The molecule has 1 nitrogen and oxygen atoms in total. The second-order valence-electron chi connectivity index (χ2n) is 3.48. The van der Waals surface area contributed by atoms with Gasteiger partial charge in [0.15, 0.2) is 0 Å². The molecular weight excluding hydrogens is 286 g/mol. The van der Waals surface area contributed by atoms with Gasteiger partial charge in [-0.15, -0.1) is 0 Å². The smallest absolute Gasteiger partial charge is 0.254 e. The molecule has 1 aromatic carbocycles. The number of benzene rings is 1. The average molecular weight is 291 g/mol. The summed E-state index contributed by atoms with van der Waals surface area (Å²) in [6.07, 6.45) is -3.71. The lowest BCUT2D eigenvalue weighted by Gasteiger charge is -2.09. The van der Waals surface area contributed by atoms with Crippen molar-refractivity contribution in [2.75, 3.05) is 0 Å². The molecule has 2 rings (SSSR count). The van der Waals surface area contributed by atoms with Gasteiger partial charge in [0.2, 0.25) is 0 Å². The van der Waals surface area contributed by atoms with Gasteiger partial charge in [-0.2, -0.15) is 13.2 Å². The number of rotatable bonds is 1. The maximum atomic E-state index is 12.4. The lowest BCUT2D eigenvalue weighted by molar-refractivity contribution is -0.137. The van der Waals surface area contributed by atoms with Crippen LogP contribution in [0.25, 0.3) is 11.3 Å². The van der Waals surface area contributed by atoms with Gasteiger partial charge in [-0.05, 0) is 18.2 Å². The summed E-state index contributed by atoms with van der Waals surface area (Å²) in [7, 11) is 0. The molecule has 0 saturated carbocycles. The minimum atomic E-state index is -4.46. The third-order valence-electron chi connectivity index (χ3n) is 2.22. The highest BCUT2D eigenvalue weighted by atomic mass is 35.5. The average Bonchev–Trinajstić information content (AvgIpc) is 2.29. The van der Waals surface area contributed by atoms with E-state index in [0.717, 1.165) is 12.3 Å². The van der Waals surface area contributed by atoms with Crippen LogP contribution in [0.3, 0.4) is 0 Å². The SMILES string of the molecule is FC(F)(F)c1cnc(-c2c[c]c(Cl)cc2)c(Cl)c1. The molecule has 0 bridgehead atoms. The Morgan fingerprint density at radius 3 is 2.39 bits per heavy atom. The molecule has 0 fully saturated rings. The minimum Gasteiger partial charge on any atom is -0.254 e. The van der Waals surface area contributed by atoms with Gasteiger partial charge in [0, 0.05) is 22.8 Å². The van der Waals surface area contributed by atoms with E-state index in [2.05, 4.69) is 11.1 Å². The second-order valence-corrected chi connectivity index (χ2v) is 4.29. The van der Waals surface area contributed by atoms with Gasteiger partial charge in [-0.1, -0.05) is 29.3 Å². The van der Waals surface area contributed by atoms with Gasteiger partial charge in [-0.3, -0.25) is 4.98 Å². The van der Waals surface area contributed by atoms with Crippen molar-refractivity contribution in [1.82, 2.24) is 4.98 Å². The Morgan fingerprint density at radius 1 is 1.17 bits per heavy atom. The molecule has 0 atom stereocenters. The first kappa shape index (κ1) is 13.2. The van der Waals surface area contributed by atoms with Crippen molar-refractivity contribution >= 4 is 23.2 Å². The summed E-state index contributed by atoms with van der Waals surface area (Å²) < 4.78 is 37.3.